The molecular weight excluding hydrogens is 580 g/mol. The number of aliphatic carboxylic acids is 2. The molecule has 236 valence electrons. The van der Waals surface area contributed by atoms with Crippen LogP contribution in [0.3, 0.4) is 0 Å². The maximum Gasteiger partial charge on any atom is 0.303 e. The van der Waals surface area contributed by atoms with E-state index in [0.29, 0.717) is 37.0 Å². The summed E-state index contributed by atoms with van der Waals surface area (Å²) in [5, 5.41) is 21.7. The third-order valence-corrected chi connectivity index (χ3v) is 9.36. The fourth-order valence-corrected chi connectivity index (χ4v) is 6.81. The number of carbonyl (C=O) groups excluding carboxylic acids is 2. The summed E-state index contributed by atoms with van der Waals surface area (Å²) >= 11 is 4.45. The number of aromatic amines is 2. The first-order valence-corrected chi connectivity index (χ1v) is 15.6. The Morgan fingerprint density at radius 2 is 1.55 bits per heavy atom. The average molecular weight is 623 g/mol. The maximum absolute atomic E-state index is 12.5. The van der Waals surface area contributed by atoms with E-state index in [2.05, 4.69) is 39.8 Å². The van der Waals surface area contributed by atoms with Crippen LogP contribution < -0.4 is 5.32 Å². The van der Waals surface area contributed by atoms with Crippen molar-refractivity contribution >= 4 is 48.2 Å². The van der Waals surface area contributed by atoms with Crippen molar-refractivity contribution in [1.82, 2.24) is 15.3 Å². The Morgan fingerprint density at radius 3 is 2.09 bits per heavy atom. The van der Waals surface area contributed by atoms with Crippen LogP contribution in [0.4, 0.5) is 0 Å². The van der Waals surface area contributed by atoms with E-state index in [1.165, 1.54) is 0 Å². The summed E-state index contributed by atoms with van der Waals surface area (Å²) in [6, 6.07) is 0. The van der Waals surface area contributed by atoms with Gasteiger partial charge in [-0.2, -0.15) is 12.6 Å². The van der Waals surface area contributed by atoms with E-state index in [1.807, 2.05) is 40.7 Å². The Bertz CT molecular complexity index is 1610. The van der Waals surface area contributed by atoms with Gasteiger partial charge in [0.2, 0.25) is 5.91 Å². The van der Waals surface area contributed by atoms with Crippen molar-refractivity contribution in [3.05, 3.63) is 61.9 Å². The van der Waals surface area contributed by atoms with E-state index in [9.17, 15) is 29.4 Å². The molecule has 0 saturated carbocycles. The molecule has 2 aromatic rings. The molecule has 4 heterocycles. The predicted octanol–water partition coefficient (Wildman–Crippen LogP) is 4.88. The highest BCUT2D eigenvalue weighted by Gasteiger charge is 2.34. The van der Waals surface area contributed by atoms with E-state index >= 15 is 0 Å². The van der Waals surface area contributed by atoms with E-state index in [4.69, 9.17) is 0 Å². The number of carboxylic acids is 2. The molecule has 0 spiro atoms. The van der Waals surface area contributed by atoms with Crippen molar-refractivity contribution in [2.45, 2.75) is 91.7 Å². The van der Waals surface area contributed by atoms with Crippen LogP contribution in [0.25, 0.3) is 6.08 Å². The standard InChI is InChI=1S/C33H42N4O6S/c1-7-20-17(4)32(42)37-26(20)13-24-16(3)22(9-11-30(40)41)28(35-24)14-27-21(8-10-29(38)39)15(2)23(34-27)12-25-18(5)31(19(6)44)33(43)36-25/h13,17,19-20,34-35,44H,7-12,14H2,1-6H3,(H,37,42)(H,38,39)(H,40,41)/b26-13-/t17-,19+,20-/m1/s1. The quantitative estimate of drug-likeness (QED) is 0.174. The minimum Gasteiger partial charge on any atom is -0.481 e. The first-order chi connectivity index (χ1) is 20.7. The van der Waals surface area contributed by atoms with Gasteiger partial charge in [0.25, 0.3) is 5.91 Å². The zero-order chi connectivity index (χ0) is 32.5. The van der Waals surface area contributed by atoms with Crippen molar-refractivity contribution in [1.29, 1.82) is 0 Å². The lowest BCUT2D eigenvalue weighted by Gasteiger charge is -2.11. The van der Waals surface area contributed by atoms with Crippen LogP contribution in [-0.4, -0.2) is 54.9 Å². The Hall–Kier alpha value is -3.86. The first kappa shape index (κ1) is 33.0. The second-order valence-electron chi connectivity index (χ2n) is 11.9. The summed E-state index contributed by atoms with van der Waals surface area (Å²) in [6.45, 7) is 11.6. The number of hydrogen-bond donors (Lipinski definition) is 6. The second kappa shape index (κ2) is 13.4. The fraction of sp³-hybridized carbons (Fsp3) is 0.485. The predicted molar refractivity (Wildman–Crippen MR) is 172 cm³/mol. The van der Waals surface area contributed by atoms with Crippen LogP contribution in [0.15, 0.2) is 21.8 Å². The molecule has 1 fully saturated rings. The van der Waals surface area contributed by atoms with Crippen LogP contribution in [0.5, 0.6) is 0 Å². The summed E-state index contributed by atoms with van der Waals surface area (Å²) in [4.78, 5) is 59.4. The molecule has 5 N–H and O–H groups in total. The fourth-order valence-electron chi connectivity index (χ4n) is 6.51. The van der Waals surface area contributed by atoms with E-state index in [1.54, 1.807) is 0 Å². The normalized spacial score (nSPS) is 20.1. The van der Waals surface area contributed by atoms with Crippen molar-refractivity contribution < 1.29 is 29.4 Å². The summed E-state index contributed by atoms with van der Waals surface area (Å²) in [6.07, 6.45) is 4.09. The Morgan fingerprint density at radius 1 is 0.955 bits per heavy atom. The molecule has 0 bridgehead atoms. The summed E-state index contributed by atoms with van der Waals surface area (Å²) in [5.74, 6) is -2.15. The second-order valence-corrected chi connectivity index (χ2v) is 12.7. The molecule has 3 atom stereocenters. The van der Waals surface area contributed by atoms with Crippen LogP contribution in [0.1, 0.15) is 92.0 Å². The van der Waals surface area contributed by atoms with Crippen molar-refractivity contribution in [2.24, 2.45) is 16.8 Å². The van der Waals surface area contributed by atoms with Crippen molar-refractivity contribution in [2.75, 3.05) is 0 Å². The highest BCUT2D eigenvalue weighted by atomic mass is 32.1. The average Bonchev–Trinajstić information content (AvgIpc) is 3.59. The Balaban J connectivity index is 1.75. The van der Waals surface area contributed by atoms with E-state index < -0.39 is 11.9 Å². The number of H-pyrrole nitrogens is 2. The van der Waals surface area contributed by atoms with Gasteiger partial charge in [0.1, 0.15) is 0 Å². The topological polar surface area (TPSA) is 165 Å². The molecule has 2 aliphatic heterocycles. The number of nitrogens with one attached hydrogen (secondary N) is 3. The third-order valence-electron chi connectivity index (χ3n) is 9.10. The van der Waals surface area contributed by atoms with Crippen molar-refractivity contribution in [3.63, 3.8) is 0 Å². The molecule has 4 rings (SSSR count). The van der Waals surface area contributed by atoms with E-state index in [0.717, 1.165) is 62.7 Å². The van der Waals surface area contributed by atoms with Gasteiger partial charge in [-0.15, -0.1) is 0 Å². The zero-order valence-corrected chi connectivity index (χ0v) is 27.1. The van der Waals surface area contributed by atoms with Gasteiger partial charge in [-0.1, -0.05) is 13.8 Å². The SMILES string of the molecule is CC[C@H]1/C(=C/c2[nH]c(Cc3[nH]c(CC4=NC(=O)C([C@H](C)S)=C4C)c(C)c3CCC(=O)O)c(CCC(=O)O)c2C)NC(=O)[C@@H]1C. The number of aliphatic imine (C=N–C) groups is 1. The highest BCUT2D eigenvalue weighted by Crippen LogP contribution is 2.33. The van der Waals surface area contributed by atoms with Gasteiger partial charge < -0.3 is 25.5 Å². The molecule has 1 saturated heterocycles. The number of rotatable bonds is 13. The minimum atomic E-state index is -0.903. The number of carbonyl (C=O) groups is 4. The molecule has 2 amide bonds. The van der Waals surface area contributed by atoms with Gasteiger partial charge in [0.05, 0.1) is 5.71 Å². The molecule has 2 aliphatic rings. The Kier molecular flexibility index (Phi) is 10.1. The molecule has 2 aromatic heterocycles. The lowest BCUT2D eigenvalue weighted by atomic mass is 9.92. The zero-order valence-electron chi connectivity index (χ0n) is 26.2. The van der Waals surface area contributed by atoms with Crippen LogP contribution in [-0.2, 0) is 44.9 Å². The summed E-state index contributed by atoms with van der Waals surface area (Å²) in [7, 11) is 0. The molecule has 0 radical (unpaired) electrons. The minimum absolute atomic E-state index is 0.00862. The lowest BCUT2D eigenvalue weighted by molar-refractivity contribution is -0.138. The lowest BCUT2D eigenvalue weighted by Crippen LogP contribution is -2.16. The summed E-state index contributed by atoms with van der Waals surface area (Å²) < 4.78 is 0. The number of aromatic nitrogens is 2. The van der Waals surface area contributed by atoms with Gasteiger partial charge >= 0.3 is 11.9 Å². The van der Waals surface area contributed by atoms with Gasteiger partial charge in [0.15, 0.2) is 0 Å². The van der Waals surface area contributed by atoms with Crippen molar-refractivity contribution in [3.8, 4) is 0 Å². The number of thiol groups is 1. The van der Waals surface area contributed by atoms with Crippen LogP contribution in [0.2, 0.25) is 0 Å². The number of allylic oxidation sites excluding steroid dienone is 2. The smallest absolute Gasteiger partial charge is 0.303 e. The van der Waals surface area contributed by atoms with E-state index in [-0.39, 0.29) is 41.7 Å². The number of nitrogens with zero attached hydrogens (tertiary/aromatic N) is 1. The molecule has 10 nitrogen and oxygen atoms in total. The van der Waals surface area contributed by atoms with Gasteiger partial charge in [-0.25, -0.2) is 4.99 Å². The summed E-state index contributed by atoms with van der Waals surface area (Å²) in [5.41, 5.74) is 9.85. The molecule has 0 unspecified atom stereocenters. The largest absolute Gasteiger partial charge is 0.481 e. The van der Waals surface area contributed by atoms with Gasteiger partial charge in [0, 0.05) is 76.8 Å². The van der Waals surface area contributed by atoms with Crippen LogP contribution in [0, 0.1) is 25.7 Å². The van der Waals surface area contributed by atoms with Gasteiger partial charge in [-0.05, 0) is 80.9 Å². The molecule has 11 heteroatoms. The maximum atomic E-state index is 12.5. The number of amides is 2. The molecule has 0 aliphatic carbocycles. The Labute approximate surface area is 262 Å². The third kappa shape index (κ3) is 6.77. The number of carboxylic acid groups (broad SMARTS) is 2. The molecule has 44 heavy (non-hydrogen) atoms. The highest BCUT2D eigenvalue weighted by molar-refractivity contribution is 7.81. The van der Waals surface area contributed by atoms with Crippen LogP contribution >= 0.6 is 12.6 Å². The number of hydrogen-bond acceptors (Lipinski definition) is 5. The van der Waals surface area contributed by atoms with Gasteiger partial charge in [-0.3, -0.25) is 19.2 Å². The molecule has 0 aromatic carbocycles. The molecular formula is C33H42N4O6S. The monoisotopic (exact) mass is 622 g/mol. The first-order valence-electron chi connectivity index (χ1n) is 15.1.